The molecule has 2 aliphatic rings. The Morgan fingerprint density at radius 2 is 1.79 bits per heavy atom. The fourth-order valence-electron chi connectivity index (χ4n) is 5.16. The molecule has 5 nitrogen and oxygen atoms in total. The molecule has 0 bridgehead atoms. The zero-order valence-corrected chi connectivity index (χ0v) is 20.1. The second-order valence-electron chi connectivity index (χ2n) is 9.60. The van der Waals surface area contributed by atoms with E-state index < -0.39 is 0 Å². The zero-order chi connectivity index (χ0) is 23.2. The molecule has 1 atom stereocenters. The molecule has 176 valence electrons. The molecule has 4 rings (SSSR count). The molecule has 0 radical (unpaired) electrons. The molecule has 2 fully saturated rings. The highest BCUT2D eigenvalue weighted by Gasteiger charge is 2.34. The molecule has 33 heavy (non-hydrogen) atoms. The summed E-state index contributed by atoms with van der Waals surface area (Å²) in [4.78, 5) is 30.6. The molecular weight excluding hydrogens is 410 g/mol. The molecule has 1 N–H and O–H groups in total. The summed E-state index contributed by atoms with van der Waals surface area (Å²) in [5.74, 6) is 0.338. The van der Waals surface area contributed by atoms with Crippen LogP contribution in [0.3, 0.4) is 0 Å². The van der Waals surface area contributed by atoms with E-state index in [1.165, 1.54) is 16.7 Å². The van der Waals surface area contributed by atoms with E-state index in [2.05, 4.69) is 67.7 Å². The molecule has 2 aromatic rings. The molecule has 2 amide bonds. The summed E-state index contributed by atoms with van der Waals surface area (Å²) in [5.41, 5.74) is 4.79. The van der Waals surface area contributed by atoms with E-state index in [4.69, 9.17) is 0 Å². The van der Waals surface area contributed by atoms with E-state index in [-0.39, 0.29) is 23.7 Å². The summed E-state index contributed by atoms with van der Waals surface area (Å²) < 4.78 is 0. The number of nitrogens with zero attached hydrogens (tertiary/aromatic N) is 2. The highest BCUT2D eigenvalue weighted by Crippen LogP contribution is 2.24. The third kappa shape index (κ3) is 5.83. The lowest BCUT2D eigenvalue weighted by Gasteiger charge is -2.30. The summed E-state index contributed by atoms with van der Waals surface area (Å²) in [5, 5.41) is 3.34. The summed E-state index contributed by atoms with van der Waals surface area (Å²) in [6.07, 6.45) is 3.40. The van der Waals surface area contributed by atoms with Crippen LogP contribution in [0.15, 0.2) is 48.5 Å². The highest BCUT2D eigenvalue weighted by atomic mass is 16.2. The molecule has 0 aromatic heterocycles. The summed E-state index contributed by atoms with van der Waals surface area (Å²) in [6.45, 7) is 8.61. The Bertz CT molecular complexity index is 950. The molecule has 1 unspecified atom stereocenters. The second kappa shape index (κ2) is 11.0. The van der Waals surface area contributed by atoms with Crippen molar-refractivity contribution in [3.05, 3.63) is 59.7 Å². The third-order valence-corrected chi connectivity index (χ3v) is 7.02. The SMILES string of the molecule is CCCN1CCN(C(=O)C2CCNCC2)CC(Cc2ccc(-c3cccc(C)c3)cc2)C1=O. The molecule has 0 aliphatic carbocycles. The summed E-state index contributed by atoms with van der Waals surface area (Å²) >= 11 is 0. The van der Waals surface area contributed by atoms with Gasteiger partial charge in [0, 0.05) is 32.1 Å². The predicted octanol–water partition coefficient (Wildman–Crippen LogP) is 3.90. The molecule has 0 spiro atoms. The number of rotatable bonds is 6. The molecular formula is C28H37N3O2. The van der Waals surface area contributed by atoms with Crippen LogP contribution in [0.1, 0.15) is 37.3 Å². The van der Waals surface area contributed by atoms with Gasteiger partial charge in [-0.15, -0.1) is 0 Å². The van der Waals surface area contributed by atoms with E-state index in [0.29, 0.717) is 26.1 Å². The third-order valence-electron chi connectivity index (χ3n) is 7.02. The van der Waals surface area contributed by atoms with E-state index >= 15 is 0 Å². The van der Waals surface area contributed by atoms with Crippen molar-refractivity contribution in [2.45, 2.75) is 39.5 Å². The van der Waals surface area contributed by atoms with Gasteiger partial charge in [0.2, 0.25) is 11.8 Å². The molecule has 2 saturated heterocycles. The van der Waals surface area contributed by atoms with Gasteiger partial charge in [0.15, 0.2) is 0 Å². The Hall–Kier alpha value is -2.66. The van der Waals surface area contributed by atoms with Crippen LogP contribution in [-0.2, 0) is 16.0 Å². The lowest BCUT2D eigenvalue weighted by molar-refractivity contribution is -0.137. The minimum atomic E-state index is -0.186. The van der Waals surface area contributed by atoms with Crippen LogP contribution < -0.4 is 5.32 Å². The van der Waals surface area contributed by atoms with Gasteiger partial charge in [-0.3, -0.25) is 9.59 Å². The van der Waals surface area contributed by atoms with Crippen molar-refractivity contribution >= 4 is 11.8 Å². The molecule has 2 heterocycles. The van der Waals surface area contributed by atoms with E-state index in [9.17, 15) is 9.59 Å². The van der Waals surface area contributed by atoms with Crippen LogP contribution in [0.4, 0.5) is 0 Å². The average Bonchev–Trinajstić information content (AvgIpc) is 2.99. The van der Waals surface area contributed by atoms with E-state index in [1.807, 2.05) is 9.80 Å². The first-order chi connectivity index (χ1) is 16.0. The van der Waals surface area contributed by atoms with E-state index in [1.54, 1.807) is 0 Å². The fourth-order valence-corrected chi connectivity index (χ4v) is 5.16. The number of amides is 2. The minimum absolute atomic E-state index is 0.0911. The minimum Gasteiger partial charge on any atom is -0.341 e. The quantitative estimate of drug-likeness (QED) is 0.731. The number of hydrogen-bond donors (Lipinski definition) is 1. The van der Waals surface area contributed by atoms with Crippen molar-refractivity contribution in [1.82, 2.24) is 15.1 Å². The number of aryl methyl sites for hydroxylation is 1. The number of carbonyl (C=O) groups excluding carboxylic acids is 2. The normalized spacial score (nSPS) is 20.1. The number of hydrogen-bond acceptors (Lipinski definition) is 3. The maximum Gasteiger partial charge on any atom is 0.227 e. The van der Waals surface area contributed by atoms with Gasteiger partial charge in [0.1, 0.15) is 0 Å². The Balaban J connectivity index is 1.50. The Morgan fingerprint density at radius 3 is 2.48 bits per heavy atom. The number of benzene rings is 2. The van der Waals surface area contributed by atoms with Gasteiger partial charge in [-0.1, -0.05) is 61.0 Å². The van der Waals surface area contributed by atoms with Crippen molar-refractivity contribution in [3.63, 3.8) is 0 Å². The van der Waals surface area contributed by atoms with Gasteiger partial charge in [-0.05, 0) is 62.4 Å². The largest absolute Gasteiger partial charge is 0.341 e. The molecule has 2 aromatic carbocycles. The van der Waals surface area contributed by atoms with Crippen LogP contribution in [0.2, 0.25) is 0 Å². The van der Waals surface area contributed by atoms with Crippen LogP contribution >= 0.6 is 0 Å². The van der Waals surface area contributed by atoms with Gasteiger partial charge < -0.3 is 15.1 Å². The monoisotopic (exact) mass is 447 g/mol. The highest BCUT2D eigenvalue weighted by molar-refractivity contribution is 5.83. The first-order valence-corrected chi connectivity index (χ1v) is 12.5. The van der Waals surface area contributed by atoms with Crippen LogP contribution in [0.25, 0.3) is 11.1 Å². The van der Waals surface area contributed by atoms with Gasteiger partial charge >= 0.3 is 0 Å². The standard InChI is InChI=1S/C28H37N3O2/c1-3-15-30-16-17-31(27(32)24-11-13-29-14-12-24)20-26(28(30)33)19-22-7-9-23(10-8-22)25-6-4-5-21(2)18-25/h4-10,18,24,26,29H,3,11-17,19-20H2,1-2H3. The van der Waals surface area contributed by atoms with Gasteiger partial charge in [-0.25, -0.2) is 0 Å². The molecule has 5 heteroatoms. The van der Waals surface area contributed by atoms with Crippen molar-refractivity contribution in [1.29, 1.82) is 0 Å². The maximum absolute atomic E-state index is 13.4. The predicted molar refractivity (Wildman–Crippen MR) is 133 cm³/mol. The van der Waals surface area contributed by atoms with Crippen molar-refractivity contribution in [3.8, 4) is 11.1 Å². The zero-order valence-electron chi connectivity index (χ0n) is 20.1. The summed E-state index contributed by atoms with van der Waals surface area (Å²) in [6, 6.07) is 17.1. The van der Waals surface area contributed by atoms with Crippen LogP contribution in [-0.4, -0.2) is 60.9 Å². The first-order valence-electron chi connectivity index (χ1n) is 12.5. The van der Waals surface area contributed by atoms with Crippen molar-refractivity contribution in [2.24, 2.45) is 11.8 Å². The molecule has 2 aliphatic heterocycles. The van der Waals surface area contributed by atoms with Crippen LogP contribution in [0, 0.1) is 18.8 Å². The second-order valence-corrected chi connectivity index (χ2v) is 9.60. The smallest absolute Gasteiger partial charge is 0.227 e. The number of nitrogens with one attached hydrogen (secondary N) is 1. The molecule has 0 saturated carbocycles. The maximum atomic E-state index is 13.4. The van der Waals surface area contributed by atoms with Crippen LogP contribution in [0.5, 0.6) is 0 Å². The lowest BCUT2D eigenvalue weighted by Crippen LogP contribution is -2.43. The Morgan fingerprint density at radius 1 is 1.03 bits per heavy atom. The van der Waals surface area contributed by atoms with E-state index in [0.717, 1.165) is 44.5 Å². The van der Waals surface area contributed by atoms with Gasteiger partial charge in [0.05, 0.1) is 5.92 Å². The lowest BCUT2D eigenvalue weighted by atomic mass is 9.93. The first kappa shape index (κ1) is 23.5. The Labute approximate surface area is 198 Å². The topological polar surface area (TPSA) is 52.6 Å². The number of carbonyl (C=O) groups is 2. The fraction of sp³-hybridized carbons (Fsp3) is 0.500. The number of piperidine rings is 1. The van der Waals surface area contributed by atoms with Crippen molar-refractivity contribution < 1.29 is 9.59 Å². The van der Waals surface area contributed by atoms with Crippen molar-refractivity contribution in [2.75, 3.05) is 39.3 Å². The van der Waals surface area contributed by atoms with Gasteiger partial charge in [-0.2, -0.15) is 0 Å². The van der Waals surface area contributed by atoms with Gasteiger partial charge in [0.25, 0.3) is 0 Å². The summed E-state index contributed by atoms with van der Waals surface area (Å²) in [7, 11) is 0. The Kier molecular flexibility index (Phi) is 7.81. The average molecular weight is 448 g/mol.